The van der Waals surface area contributed by atoms with Crippen molar-refractivity contribution in [1.82, 2.24) is 0 Å². The van der Waals surface area contributed by atoms with E-state index in [4.69, 9.17) is 15.6 Å². The molecule has 0 spiro atoms. The molecule has 76 valence electrons. The Morgan fingerprint density at radius 3 is 2.92 bits per heavy atom. The molecule has 3 N–H and O–H groups in total. The summed E-state index contributed by atoms with van der Waals surface area (Å²) >= 11 is 1.43. The normalized spacial score (nSPS) is 18.5. The van der Waals surface area contributed by atoms with Crippen LogP contribution in [0.1, 0.15) is 12.8 Å². The van der Waals surface area contributed by atoms with E-state index in [2.05, 4.69) is 0 Å². The van der Waals surface area contributed by atoms with Gasteiger partial charge in [-0.1, -0.05) is 0 Å². The van der Waals surface area contributed by atoms with E-state index >= 15 is 0 Å². The van der Waals surface area contributed by atoms with Crippen molar-refractivity contribution in [3.63, 3.8) is 0 Å². The third-order valence-corrected chi connectivity index (χ3v) is 2.76. The molecule has 0 aromatic carbocycles. The third-order valence-electron chi connectivity index (χ3n) is 1.83. The number of carboxylic acids is 1. The number of hydrogen-bond acceptors (Lipinski definition) is 4. The molecule has 0 radical (unpaired) electrons. The highest BCUT2D eigenvalue weighted by Crippen LogP contribution is 2.29. The molecule has 0 unspecified atom stereocenters. The summed E-state index contributed by atoms with van der Waals surface area (Å²) in [5.74, 6) is 0.778. The number of aliphatic carboxylic acids is 1. The Morgan fingerprint density at radius 1 is 1.69 bits per heavy atom. The molecule has 13 heavy (non-hydrogen) atoms. The fourth-order valence-electron chi connectivity index (χ4n) is 0.805. The largest absolute Gasteiger partial charge is 0.480 e. The van der Waals surface area contributed by atoms with Crippen molar-refractivity contribution in [2.24, 2.45) is 11.7 Å². The number of ether oxygens (including phenoxy) is 1. The van der Waals surface area contributed by atoms with Gasteiger partial charge in [0.1, 0.15) is 6.04 Å². The van der Waals surface area contributed by atoms with Crippen LogP contribution in [-0.2, 0) is 9.53 Å². The molecule has 5 heteroatoms. The maximum atomic E-state index is 10.3. The van der Waals surface area contributed by atoms with Gasteiger partial charge in [-0.15, -0.1) is 11.8 Å². The Balaban J connectivity index is 1.84. The monoisotopic (exact) mass is 205 g/mol. The third kappa shape index (κ3) is 5.13. The van der Waals surface area contributed by atoms with Crippen molar-refractivity contribution >= 4 is 17.7 Å². The van der Waals surface area contributed by atoms with E-state index in [0.717, 1.165) is 12.5 Å². The smallest absolute Gasteiger partial charge is 0.321 e. The summed E-state index contributed by atoms with van der Waals surface area (Å²) in [6.45, 7) is 0.815. The lowest BCUT2D eigenvalue weighted by Gasteiger charge is -2.06. The maximum absolute atomic E-state index is 10.3. The lowest BCUT2D eigenvalue weighted by atomic mass is 10.4. The molecule has 0 aromatic rings. The molecule has 1 rings (SSSR count). The molecule has 0 saturated heterocycles. The second-order valence-electron chi connectivity index (χ2n) is 3.25. The van der Waals surface area contributed by atoms with Gasteiger partial charge in [-0.3, -0.25) is 4.79 Å². The number of carbonyl (C=O) groups is 1. The van der Waals surface area contributed by atoms with E-state index in [1.165, 1.54) is 24.6 Å². The second-order valence-corrected chi connectivity index (χ2v) is 4.22. The number of thioether (sulfide) groups is 1. The van der Waals surface area contributed by atoms with Crippen molar-refractivity contribution in [1.29, 1.82) is 0 Å². The van der Waals surface area contributed by atoms with E-state index in [1.807, 2.05) is 0 Å². The van der Waals surface area contributed by atoms with E-state index in [0.29, 0.717) is 11.7 Å². The summed E-state index contributed by atoms with van der Waals surface area (Å²) in [4.78, 5) is 10.3. The van der Waals surface area contributed by atoms with Crippen LogP contribution in [0, 0.1) is 5.92 Å². The Kier molecular flexibility index (Phi) is 4.55. The fourth-order valence-corrected chi connectivity index (χ4v) is 1.51. The van der Waals surface area contributed by atoms with Crippen molar-refractivity contribution < 1.29 is 14.6 Å². The number of carboxylic acid groups (broad SMARTS) is 1. The number of nitrogens with two attached hydrogens (primary N) is 1. The van der Waals surface area contributed by atoms with Gasteiger partial charge in [-0.25, -0.2) is 0 Å². The van der Waals surface area contributed by atoms with E-state index < -0.39 is 12.0 Å². The van der Waals surface area contributed by atoms with Gasteiger partial charge in [0.05, 0.1) is 12.5 Å². The quantitative estimate of drug-likeness (QED) is 0.468. The summed E-state index contributed by atoms with van der Waals surface area (Å²) in [7, 11) is 0. The molecule has 1 aliphatic carbocycles. The highest BCUT2D eigenvalue weighted by molar-refractivity contribution is 7.99. The van der Waals surface area contributed by atoms with Gasteiger partial charge in [0.25, 0.3) is 0 Å². The van der Waals surface area contributed by atoms with Gasteiger partial charge in [0.2, 0.25) is 0 Å². The predicted octanol–water partition coefficient (Wildman–Crippen LogP) is 0.516. The van der Waals surface area contributed by atoms with Crippen LogP contribution >= 0.6 is 11.8 Å². The zero-order chi connectivity index (χ0) is 9.68. The van der Waals surface area contributed by atoms with Crippen LogP contribution in [0.2, 0.25) is 0 Å². The molecular weight excluding hydrogens is 190 g/mol. The summed E-state index contributed by atoms with van der Waals surface area (Å²) in [6.07, 6.45) is 2.55. The maximum Gasteiger partial charge on any atom is 0.321 e. The van der Waals surface area contributed by atoms with E-state index in [-0.39, 0.29) is 0 Å². The summed E-state index contributed by atoms with van der Waals surface area (Å²) < 4.78 is 5.30. The summed E-state index contributed by atoms with van der Waals surface area (Å²) in [6, 6.07) is -0.769. The highest BCUT2D eigenvalue weighted by Gasteiger charge is 2.21. The van der Waals surface area contributed by atoms with Gasteiger partial charge in [0, 0.05) is 5.75 Å². The molecule has 0 heterocycles. The number of hydrogen-bond donors (Lipinski definition) is 2. The number of rotatable bonds is 7. The Bertz CT molecular complexity index is 173. The molecular formula is C8H15NO3S. The molecule has 0 aromatic heterocycles. The Morgan fingerprint density at radius 2 is 2.38 bits per heavy atom. The second kappa shape index (κ2) is 5.47. The standard InChI is InChI=1S/C8H15NO3S/c9-7(8(10)11)4-13-5-12-3-6-1-2-6/h6-7H,1-5,9H2,(H,10,11)/t7-/m1/s1. The first-order valence-corrected chi connectivity index (χ1v) is 5.49. The summed E-state index contributed by atoms with van der Waals surface area (Å²) in [5, 5.41) is 8.46. The SMILES string of the molecule is N[C@H](CSCOCC1CC1)C(=O)O. The van der Waals surface area contributed by atoms with Crippen LogP contribution < -0.4 is 5.73 Å². The molecule has 0 amide bonds. The molecule has 1 fully saturated rings. The lowest BCUT2D eigenvalue weighted by Crippen LogP contribution is -2.32. The average Bonchev–Trinajstić information content (AvgIpc) is 2.87. The van der Waals surface area contributed by atoms with Gasteiger partial charge in [-0.2, -0.15) is 0 Å². The van der Waals surface area contributed by atoms with Gasteiger partial charge in [-0.05, 0) is 18.8 Å². The van der Waals surface area contributed by atoms with Crippen molar-refractivity contribution in [2.45, 2.75) is 18.9 Å². The molecule has 1 atom stereocenters. The van der Waals surface area contributed by atoms with E-state index in [1.54, 1.807) is 0 Å². The zero-order valence-electron chi connectivity index (χ0n) is 7.44. The van der Waals surface area contributed by atoms with Crippen LogP contribution in [0.15, 0.2) is 0 Å². The molecule has 0 bridgehead atoms. The minimum absolute atomic E-state index is 0.417. The van der Waals surface area contributed by atoms with Crippen molar-refractivity contribution in [3.8, 4) is 0 Å². The van der Waals surface area contributed by atoms with Crippen molar-refractivity contribution in [3.05, 3.63) is 0 Å². The van der Waals surface area contributed by atoms with Crippen LogP contribution in [-0.4, -0.2) is 35.4 Å². The first-order valence-electron chi connectivity index (χ1n) is 4.34. The lowest BCUT2D eigenvalue weighted by molar-refractivity contribution is -0.137. The van der Waals surface area contributed by atoms with Gasteiger partial charge in [0.15, 0.2) is 0 Å². The van der Waals surface area contributed by atoms with Crippen LogP contribution in [0.5, 0.6) is 0 Å². The first kappa shape index (κ1) is 10.8. The predicted molar refractivity (Wildman–Crippen MR) is 51.6 cm³/mol. The van der Waals surface area contributed by atoms with Crippen molar-refractivity contribution in [2.75, 3.05) is 18.3 Å². The molecule has 4 nitrogen and oxygen atoms in total. The van der Waals surface area contributed by atoms with Crippen LogP contribution in [0.25, 0.3) is 0 Å². The van der Waals surface area contributed by atoms with Crippen LogP contribution in [0.4, 0.5) is 0 Å². The zero-order valence-corrected chi connectivity index (χ0v) is 8.26. The molecule has 1 saturated carbocycles. The minimum atomic E-state index is -0.949. The average molecular weight is 205 g/mol. The highest BCUT2D eigenvalue weighted by atomic mass is 32.2. The minimum Gasteiger partial charge on any atom is -0.480 e. The fraction of sp³-hybridized carbons (Fsp3) is 0.875. The van der Waals surface area contributed by atoms with E-state index in [9.17, 15) is 4.79 Å². The molecule has 0 aliphatic heterocycles. The summed E-state index contributed by atoms with van der Waals surface area (Å²) in [5.41, 5.74) is 5.29. The Labute approximate surface area is 81.8 Å². The Hall–Kier alpha value is -0.260. The molecule has 1 aliphatic rings. The first-order chi connectivity index (χ1) is 6.20. The van der Waals surface area contributed by atoms with Gasteiger partial charge < -0.3 is 15.6 Å². The topological polar surface area (TPSA) is 72.5 Å². The van der Waals surface area contributed by atoms with Gasteiger partial charge >= 0.3 is 5.97 Å². The van der Waals surface area contributed by atoms with Crippen LogP contribution in [0.3, 0.4) is 0 Å².